The number of rotatable bonds is 4. The summed E-state index contributed by atoms with van der Waals surface area (Å²) in [5.41, 5.74) is 4.94. The standard InChI is InChI=1S/C26H29NO4/c1-14-9-19-18(7-8-22(30-5)26(19)23(10-14)31-6)25-20(13-28)24-16(3)27(4)15(2)11-17(24)12-21(25)29/h7-10,12-13,15-16,29H,11H2,1-6H3. The maximum Gasteiger partial charge on any atom is 0.151 e. The highest BCUT2D eigenvalue weighted by Gasteiger charge is 2.32. The Morgan fingerprint density at radius 1 is 1.10 bits per heavy atom. The highest BCUT2D eigenvalue weighted by molar-refractivity contribution is 6.08. The maximum atomic E-state index is 12.4. The Bertz CT molecular complexity index is 1180. The average Bonchev–Trinajstić information content (AvgIpc) is 2.75. The van der Waals surface area contributed by atoms with E-state index in [1.807, 2.05) is 37.3 Å². The molecule has 0 radical (unpaired) electrons. The molecule has 0 aromatic heterocycles. The number of carbonyl (C=O) groups excluding carboxylic acids is 1. The maximum absolute atomic E-state index is 12.4. The molecule has 0 fully saturated rings. The van der Waals surface area contributed by atoms with Crippen LogP contribution < -0.4 is 9.47 Å². The molecule has 2 atom stereocenters. The lowest BCUT2D eigenvalue weighted by Crippen LogP contribution is -2.38. The summed E-state index contributed by atoms with van der Waals surface area (Å²) in [4.78, 5) is 14.7. The molecule has 0 spiro atoms. The molecule has 4 rings (SSSR count). The third-order valence-electron chi connectivity index (χ3n) is 6.72. The summed E-state index contributed by atoms with van der Waals surface area (Å²) in [6.45, 7) is 6.27. The normalized spacial score (nSPS) is 18.6. The van der Waals surface area contributed by atoms with Crippen LogP contribution in [0.2, 0.25) is 0 Å². The Kier molecular flexibility index (Phi) is 5.40. The quantitative estimate of drug-likeness (QED) is 0.583. The van der Waals surface area contributed by atoms with E-state index in [1.54, 1.807) is 14.2 Å². The number of carbonyl (C=O) groups is 1. The van der Waals surface area contributed by atoms with Crippen molar-refractivity contribution in [3.05, 3.63) is 52.6 Å². The van der Waals surface area contributed by atoms with Crippen LogP contribution in [0, 0.1) is 6.92 Å². The third kappa shape index (κ3) is 3.24. The zero-order valence-electron chi connectivity index (χ0n) is 18.9. The lowest BCUT2D eigenvalue weighted by Gasteiger charge is -2.39. The monoisotopic (exact) mass is 419 g/mol. The number of aldehydes is 1. The molecule has 1 heterocycles. The Hall–Kier alpha value is -3.05. The van der Waals surface area contributed by atoms with E-state index in [9.17, 15) is 9.90 Å². The van der Waals surface area contributed by atoms with Gasteiger partial charge in [0, 0.05) is 23.2 Å². The van der Waals surface area contributed by atoms with E-state index in [2.05, 4.69) is 25.8 Å². The van der Waals surface area contributed by atoms with E-state index in [0.29, 0.717) is 28.7 Å². The number of likely N-dealkylation sites (N-methyl/N-ethyl adjacent to an activating group) is 1. The molecule has 31 heavy (non-hydrogen) atoms. The zero-order valence-corrected chi connectivity index (χ0v) is 18.9. The van der Waals surface area contributed by atoms with E-state index >= 15 is 0 Å². The first-order valence-corrected chi connectivity index (χ1v) is 10.5. The van der Waals surface area contributed by atoms with Crippen molar-refractivity contribution in [1.82, 2.24) is 4.90 Å². The molecular weight excluding hydrogens is 390 g/mol. The molecule has 0 saturated carbocycles. The minimum atomic E-state index is 0.0686. The van der Waals surface area contributed by atoms with Crippen LogP contribution in [0.3, 0.4) is 0 Å². The number of hydrogen-bond acceptors (Lipinski definition) is 5. The fraction of sp³-hybridized carbons (Fsp3) is 0.346. The van der Waals surface area contributed by atoms with Gasteiger partial charge >= 0.3 is 0 Å². The number of nitrogens with zero attached hydrogens (tertiary/aromatic N) is 1. The molecule has 5 heteroatoms. The predicted molar refractivity (Wildman–Crippen MR) is 124 cm³/mol. The number of hydrogen-bond donors (Lipinski definition) is 1. The number of phenols is 1. The van der Waals surface area contributed by atoms with Crippen molar-refractivity contribution in [2.45, 2.75) is 39.3 Å². The van der Waals surface area contributed by atoms with Gasteiger partial charge in [-0.15, -0.1) is 0 Å². The summed E-state index contributed by atoms with van der Waals surface area (Å²) in [5, 5.41) is 12.8. The SMILES string of the molecule is COc1ccc(-c2c(O)cc3c(c2C=O)C(C)N(C)C(C)C3)c2cc(C)cc(OC)c12. The number of methoxy groups -OCH3 is 2. The molecular formula is C26H29NO4. The molecule has 3 aromatic rings. The first-order chi connectivity index (χ1) is 14.8. The van der Waals surface area contributed by atoms with Gasteiger partial charge in [-0.1, -0.05) is 6.07 Å². The molecule has 1 N–H and O–H groups in total. The van der Waals surface area contributed by atoms with Crippen LogP contribution in [0.15, 0.2) is 30.3 Å². The Morgan fingerprint density at radius 3 is 2.45 bits per heavy atom. The molecule has 5 nitrogen and oxygen atoms in total. The lowest BCUT2D eigenvalue weighted by atomic mass is 9.82. The molecule has 1 aliphatic rings. The van der Waals surface area contributed by atoms with Crippen LogP contribution in [0.4, 0.5) is 0 Å². The van der Waals surface area contributed by atoms with Gasteiger partial charge in [0.1, 0.15) is 17.2 Å². The van der Waals surface area contributed by atoms with Crippen molar-refractivity contribution in [3.63, 3.8) is 0 Å². The first kappa shape index (κ1) is 21.2. The first-order valence-electron chi connectivity index (χ1n) is 10.5. The Balaban J connectivity index is 2.11. The van der Waals surface area contributed by atoms with Crippen LogP contribution in [-0.2, 0) is 6.42 Å². The van der Waals surface area contributed by atoms with E-state index in [0.717, 1.165) is 45.7 Å². The van der Waals surface area contributed by atoms with Crippen molar-refractivity contribution in [1.29, 1.82) is 0 Å². The van der Waals surface area contributed by atoms with Crippen molar-refractivity contribution in [2.75, 3.05) is 21.3 Å². The van der Waals surface area contributed by atoms with Gasteiger partial charge in [-0.3, -0.25) is 9.69 Å². The number of fused-ring (bicyclic) bond motifs is 2. The van der Waals surface area contributed by atoms with E-state index in [-0.39, 0.29) is 11.8 Å². The van der Waals surface area contributed by atoms with Crippen LogP contribution in [-0.4, -0.2) is 43.6 Å². The number of aryl methyl sites for hydroxylation is 1. The number of phenolic OH excluding ortho intramolecular Hbond substituents is 1. The zero-order chi connectivity index (χ0) is 22.4. The van der Waals surface area contributed by atoms with Crippen molar-refractivity contribution < 1.29 is 19.4 Å². The fourth-order valence-electron chi connectivity index (χ4n) is 4.98. The molecule has 162 valence electrons. The van der Waals surface area contributed by atoms with Gasteiger partial charge in [0.2, 0.25) is 0 Å². The Morgan fingerprint density at radius 2 is 1.81 bits per heavy atom. The second-order valence-electron chi connectivity index (χ2n) is 8.47. The van der Waals surface area contributed by atoms with E-state index < -0.39 is 0 Å². The molecule has 1 aliphatic heterocycles. The molecule has 0 saturated heterocycles. The lowest BCUT2D eigenvalue weighted by molar-refractivity contribution is 0.111. The van der Waals surface area contributed by atoms with Crippen LogP contribution in [0.5, 0.6) is 17.2 Å². The predicted octanol–water partition coefficient (Wildman–Crippen LogP) is 5.29. The summed E-state index contributed by atoms with van der Waals surface area (Å²) < 4.78 is 11.2. The number of benzene rings is 3. The van der Waals surface area contributed by atoms with Gasteiger partial charge in [0.15, 0.2) is 6.29 Å². The number of aromatic hydroxyl groups is 1. The third-order valence-corrected chi connectivity index (χ3v) is 6.72. The largest absolute Gasteiger partial charge is 0.507 e. The molecule has 2 unspecified atom stereocenters. The van der Waals surface area contributed by atoms with Gasteiger partial charge in [-0.2, -0.15) is 0 Å². The minimum absolute atomic E-state index is 0.0686. The van der Waals surface area contributed by atoms with E-state index in [1.165, 1.54) is 0 Å². The topological polar surface area (TPSA) is 59.0 Å². The number of ether oxygens (including phenoxy) is 2. The van der Waals surface area contributed by atoms with Crippen molar-refractivity contribution >= 4 is 17.1 Å². The summed E-state index contributed by atoms with van der Waals surface area (Å²) in [7, 11) is 5.34. The van der Waals surface area contributed by atoms with E-state index in [4.69, 9.17) is 9.47 Å². The fourth-order valence-corrected chi connectivity index (χ4v) is 4.98. The van der Waals surface area contributed by atoms with Gasteiger partial charge < -0.3 is 14.6 Å². The van der Waals surface area contributed by atoms with Gasteiger partial charge in [0.05, 0.1) is 19.6 Å². The smallest absolute Gasteiger partial charge is 0.151 e. The highest BCUT2D eigenvalue weighted by Crippen LogP contribution is 2.47. The van der Waals surface area contributed by atoms with Crippen LogP contribution >= 0.6 is 0 Å². The van der Waals surface area contributed by atoms with Crippen LogP contribution in [0.25, 0.3) is 21.9 Å². The molecule has 0 bridgehead atoms. The average molecular weight is 420 g/mol. The summed E-state index contributed by atoms with van der Waals surface area (Å²) in [6.07, 6.45) is 1.68. The van der Waals surface area contributed by atoms with Gasteiger partial charge in [-0.05, 0) is 86.1 Å². The second kappa shape index (κ2) is 7.89. The van der Waals surface area contributed by atoms with Crippen LogP contribution in [0.1, 0.15) is 46.9 Å². The van der Waals surface area contributed by atoms with Crippen molar-refractivity contribution in [2.24, 2.45) is 0 Å². The van der Waals surface area contributed by atoms with Gasteiger partial charge in [-0.25, -0.2) is 0 Å². The van der Waals surface area contributed by atoms with Gasteiger partial charge in [0.25, 0.3) is 0 Å². The second-order valence-corrected chi connectivity index (χ2v) is 8.47. The summed E-state index contributed by atoms with van der Waals surface area (Å²) >= 11 is 0. The van der Waals surface area contributed by atoms with Crippen molar-refractivity contribution in [3.8, 4) is 28.4 Å². The minimum Gasteiger partial charge on any atom is -0.507 e. The molecule has 0 aliphatic carbocycles. The Labute approximate surface area is 183 Å². The summed E-state index contributed by atoms with van der Waals surface area (Å²) in [5.74, 6) is 1.50. The highest BCUT2D eigenvalue weighted by atomic mass is 16.5. The molecule has 3 aromatic carbocycles. The summed E-state index contributed by atoms with van der Waals surface area (Å²) in [6, 6.07) is 10.0. The molecule has 0 amide bonds.